The van der Waals surface area contributed by atoms with E-state index in [0.29, 0.717) is 10.6 Å². The third-order valence-corrected chi connectivity index (χ3v) is 4.99. The van der Waals surface area contributed by atoms with Gasteiger partial charge in [0.05, 0.1) is 18.5 Å². The van der Waals surface area contributed by atoms with Gasteiger partial charge in [-0.1, -0.05) is 35.9 Å². The van der Waals surface area contributed by atoms with Crippen molar-refractivity contribution in [2.75, 3.05) is 16.3 Å². The molecule has 9 nitrogen and oxygen atoms in total. The minimum Gasteiger partial charge on any atom is -0.322 e. The van der Waals surface area contributed by atoms with Crippen molar-refractivity contribution in [3.8, 4) is 0 Å². The average molecular weight is 449 g/mol. The molecule has 11 heteroatoms. The minimum absolute atomic E-state index is 0.108. The molecule has 0 fully saturated rings. The summed E-state index contributed by atoms with van der Waals surface area (Å²) in [4.78, 5) is 39.8. The number of hydrogen-bond donors (Lipinski definition) is 3. The highest BCUT2D eigenvalue weighted by Gasteiger charge is 2.16. The molecule has 1 heterocycles. The molecule has 3 rings (SSSR count). The van der Waals surface area contributed by atoms with Gasteiger partial charge in [0.15, 0.2) is 0 Å². The van der Waals surface area contributed by atoms with E-state index in [-0.39, 0.29) is 23.5 Å². The SMILES string of the molecule is CS(=O)(=O)Nc1cccc(NC(=O)c2c[nH]c(=O)n(Cc3ccccc3Cl)c2=O)c1. The molecule has 1 aromatic heterocycles. The van der Waals surface area contributed by atoms with Crippen LogP contribution in [0.3, 0.4) is 0 Å². The molecule has 30 heavy (non-hydrogen) atoms. The Morgan fingerprint density at radius 2 is 1.80 bits per heavy atom. The first-order chi connectivity index (χ1) is 14.1. The zero-order chi connectivity index (χ0) is 21.9. The van der Waals surface area contributed by atoms with Gasteiger partial charge in [0.2, 0.25) is 10.0 Å². The van der Waals surface area contributed by atoms with Crippen molar-refractivity contribution in [3.63, 3.8) is 0 Å². The molecule has 0 aliphatic heterocycles. The summed E-state index contributed by atoms with van der Waals surface area (Å²) in [6.07, 6.45) is 2.03. The van der Waals surface area contributed by atoms with Gasteiger partial charge >= 0.3 is 5.69 Å². The predicted octanol–water partition coefficient (Wildman–Crippen LogP) is 1.86. The standard InChI is InChI=1S/C19H17ClN4O5S/c1-30(28,29)23-14-7-4-6-13(9-14)22-17(25)15-10-21-19(27)24(18(15)26)11-12-5-2-3-8-16(12)20/h2-10,23H,11H2,1H3,(H,21,27)(H,22,25). The molecule has 0 aliphatic rings. The Kier molecular flexibility index (Phi) is 6.09. The first kappa shape index (κ1) is 21.3. The van der Waals surface area contributed by atoms with Crippen molar-refractivity contribution in [1.82, 2.24) is 9.55 Å². The maximum Gasteiger partial charge on any atom is 0.328 e. The van der Waals surface area contributed by atoms with Gasteiger partial charge in [-0.15, -0.1) is 0 Å². The van der Waals surface area contributed by atoms with E-state index in [4.69, 9.17) is 11.6 Å². The molecule has 0 aliphatic carbocycles. The van der Waals surface area contributed by atoms with E-state index >= 15 is 0 Å². The molecular weight excluding hydrogens is 432 g/mol. The molecule has 0 unspecified atom stereocenters. The highest BCUT2D eigenvalue weighted by molar-refractivity contribution is 7.92. The zero-order valence-electron chi connectivity index (χ0n) is 15.7. The Morgan fingerprint density at radius 1 is 1.10 bits per heavy atom. The second-order valence-electron chi connectivity index (χ2n) is 6.40. The summed E-state index contributed by atoms with van der Waals surface area (Å²) < 4.78 is 25.9. The van der Waals surface area contributed by atoms with Gasteiger partial charge in [-0.2, -0.15) is 0 Å². The van der Waals surface area contributed by atoms with Crippen molar-refractivity contribution in [1.29, 1.82) is 0 Å². The molecule has 1 amide bonds. The van der Waals surface area contributed by atoms with E-state index in [9.17, 15) is 22.8 Å². The fourth-order valence-electron chi connectivity index (χ4n) is 2.69. The molecule has 0 radical (unpaired) electrons. The second-order valence-corrected chi connectivity index (χ2v) is 8.56. The smallest absolute Gasteiger partial charge is 0.322 e. The van der Waals surface area contributed by atoms with Crippen LogP contribution in [-0.2, 0) is 16.6 Å². The normalized spacial score (nSPS) is 11.1. The number of amides is 1. The number of aromatic nitrogens is 2. The van der Waals surface area contributed by atoms with Crippen LogP contribution in [0, 0.1) is 0 Å². The maximum absolute atomic E-state index is 12.7. The number of carbonyl (C=O) groups is 1. The van der Waals surface area contributed by atoms with Gasteiger partial charge in [-0.05, 0) is 29.8 Å². The summed E-state index contributed by atoms with van der Waals surface area (Å²) in [6.45, 7) is -0.108. The lowest BCUT2D eigenvalue weighted by atomic mass is 10.2. The van der Waals surface area contributed by atoms with E-state index in [0.717, 1.165) is 17.0 Å². The van der Waals surface area contributed by atoms with E-state index in [2.05, 4.69) is 15.0 Å². The van der Waals surface area contributed by atoms with Crippen molar-refractivity contribution in [2.24, 2.45) is 0 Å². The first-order valence-electron chi connectivity index (χ1n) is 8.59. The fraction of sp³-hybridized carbons (Fsp3) is 0.105. The van der Waals surface area contributed by atoms with Gasteiger partial charge in [-0.3, -0.25) is 18.9 Å². The lowest BCUT2D eigenvalue weighted by Gasteiger charge is -2.10. The lowest BCUT2D eigenvalue weighted by molar-refractivity contribution is 0.102. The highest BCUT2D eigenvalue weighted by atomic mass is 35.5. The third-order valence-electron chi connectivity index (χ3n) is 4.02. The Morgan fingerprint density at radius 3 is 2.50 bits per heavy atom. The Balaban J connectivity index is 1.89. The Hall–Kier alpha value is -3.37. The van der Waals surface area contributed by atoms with Crippen molar-refractivity contribution < 1.29 is 13.2 Å². The average Bonchev–Trinajstić information content (AvgIpc) is 2.65. The number of hydrogen-bond acceptors (Lipinski definition) is 5. The lowest BCUT2D eigenvalue weighted by Crippen LogP contribution is -2.39. The number of nitrogens with one attached hydrogen (secondary N) is 3. The summed E-state index contributed by atoms with van der Waals surface area (Å²) in [5.74, 6) is -0.763. The minimum atomic E-state index is -3.49. The predicted molar refractivity (Wildman–Crippen MR) is 115 cm³/mol. The summed E-state index contributed by atoms with van der Waals surface area (Å²) in [6, 6.07) is 12.7. The number of nitrogens with zero attached hydrogens (tertiary/aromatic N) is 1. The maximum atomic E-state index is 12.7. The Labute approximate surface area is 176 Å². The molecule has 0 saturated carbocycles. The summed E-state index contributed by atoms with van der Waals surface area (Å²) in [7, 11) is -3.49. The van der Waals surface area contributed by atoms with Crippen LogP contribution in [0.25, 0.3) is 0 Å². The quantitative estimate of drug-likeness (QED) is 0.530. The largest absolute Gasteiger partial charge is 0.328 e. The Bertz CT molecular complexity index is 1330. The van der Waals surface area contributed by atoms with Crippen molar-refractivity contribution in [3.05, 3.63) is 91.7 Å². The number of anilines is 2. The topological polar surface area (TPSA) is 130 Å². The number of sulfonamides is 1. The van der Waals surface area contributed by atoms with Gasteiger partial charge < -0.3 is 10.3 Å². The van der Waals surface area contributed by atoms with E-state index in [1.54, 1.807) is 24.3 Å². The number of H-pyrrole nitrogens is 1. The van der Waals surface area contributed by atoms with Gasteiger partial charge in [0.25, 0.3) is 11.5 Å². The molecule has 0 saturated heterocycles. The van der Waals surface area contributed by atoms with Crippen molar-refractivity contribution in [2.45, 2.75) is 6.54 Å². The number of halogens is 1. The van der Waals surface area contributed by atoms with Crippen LogP contribution < -0.4 is 21.3 Å². The number of aromatic amines is 1. The van der Waals surface area contributed by atoms with Crippen LogP contribution in [-0.4, -0.2) is 30.1 Å². The van der Waals surface area contributed by atoms with Gasteiger partial charge in [-0.25, -0.2) is 13.2 Å². The molecule has 2 aromatic carbocycles. The van der Waals surface area contributed by atoms with Gasteiger partial charge in [0, 0.05) is 16.9 Å². The summed E-state index contributed by atoms with van der Waals surface area (Å²) >= 11 is 6.09. The monoisotopic (exact) mass is 448 g/mol. The van der Waals surface area contributed by atoms with E-state index < -0.39 is 27.2 Å². The van der Waals surface area contributed by atoms with E-state index in [1.807, 2.05) is 0 Å². The molecule has 0 spiro atoms. The summed E-state index contributed by atoms with van der Waals surface area (Å²) in [5.41, 5.74) is -0.714. The fourth-order valence-corrected chi connectivity index (χ4v) is 3.44. The van der Waals surface area contributed by atoms with Crippen LogP contribution in [0.4, 0.5) is 11.4 Å². The molecule has 3 N–H and O–H groups in total. The van der Waals surface area contributed by atoms with Crippen LogP contribution in [0.1, 0.15) is 15.9 Å². The number of carbonyl (C=O) groups excluding carboxylic acids is 1. The first-order valence-corrected chi connectivity index (χ1v) is 10.9. The zero-order valence-corrected chi connectivity index (χ0v) is 17.3. The van der Waals surface area contributed by atoms with Crippen LogP contribution in [0.5, 0.6) is 0 Å². The molecular formula is C19H17ClN4O5S. The van der Waals surface area contributed by atoms with E-state index in [1.165, 1.54) is 24.3 Å². The molecule has 3 aromatic rings. The van der Waals surface area contributed by atoms with Crippen LogP contribution in [0.15, 0.2) is 64.3 Å². The molecule has 156 valence electrons. The van der Waals surface area contributed by atoms with Gasteiger partial charge in [0.1, 0.15) is 5.56 Å². The highest BCUT2D eigenvalue weighted by Crippen LogP contribution is 2.17. The van der Waals surface area contributed by atoms with Crippen molar-refractivity contribution >= 4 is 38.9 Å². The van der Waals surface area contributed by atoms with Crippen LogP contribution >= 0.6 is 11.6 Å². The summed E-state index contributed by atoms with van der Waals surface area (Å²) in [5, 5.41) is 2.90. The van der Waals surface area contributed by atoms with Crippen LogP contribution in [0.2, 0.25) is 5.02 Å². The number of benzene rings is 2. The second kappa shape index (κ2) is 8.56. The molecule has 0 bridgehead atoms. The molecule has 0 atom stereocenters. The number of rotatable bonds is 6. The third kappa shape index (κ3) is 5.16.